The molecule has 0 spiro atoms. The summed E-state index contributed by atoms with van der Waals surface area (Å²) >= 11 is 9.40. The summed E-state index contributed by atoms with van der Waals surface area (Å²) in [4.78, 5) is 0. The van der Waals surface area contributed by atoms with Crippen LogP contribution >= 0.6 is 27.5 Å². The van der Waals surface area contributed by atoms with E-state index in [1.807, 2.05) is 0 Å². The van der Waals surface area contributed by atoms with Crippen LogP contribution in [0.25, 0.3) is 0 Å². The van der Waals surface area contributed by atoms with Crippen molar-refractivity contribution in [2.24, 2.45) is 0 Å². The minimum Gasteiger partial charge on any atom is -0.495 e. The van der Waals surface area contributed by atoms with Gasteiger partial charge in [-0.25, -0.2) is 0 Å². The monoisotopic (exact) mass is 262 g/mol. The van der Waals surface area contributed by atoms with Crippen molar-refractivity contribution in [3.63, 3.8) is 0 Å². The molecule has 0 saturated carbocycles. The van der Waals surface area contributed by atoms with E-state index >= 15 is 0 Å². The summed E-state index contributed by atoms with van der Waals surface area (Å²) in [6.07, 6.45) is 0.859. The van der Waals surface area contributed by atoms with Gasteiger partial charge < -0.3 is 9.47 Å². The minimum absolute atomic E-state index is 0.624. The molecule has 0 atom stereocenters. The second-order valence-electron chi connectivity index (χ2n) is 2.78. The van der Waals surface area contributed by atoms with Gasteiger partial charge in [-0.15, -0.1) is 0 Å². The van der Waals surface area contributed by atoms with E-state index in [1.165, 1.54) is 0 Å². The molecule has 0 N–H and O–H groups in total. The molecule has 0 bridgehead atoms. The number of ether oxygens (including phenoxy) is 2. The van der Waals surface area contributed by atoms with Gasteiger partial charge in [-0.3, -0.25) is 0 Å². The first kappa shape index (κ1) is 9.16. The Balaban J connectivity index is 2.65. The predicted octanol–water partition coefficient (Wildman–Crippen LogP) is 3.05. The number of benzene rings is 1. The highest BCUT2D eigenvalue weighted by Gasteiger charge is 2.22. The third kappa shape index (κ3) is 1.40. The molecule has 2 nitrogen and oxygen atoms in total. The van der Waals surface area contributed by atoms with E-state index in [9.17, 15) is 0 Å². The summed E-state index contributed by atoms with van der Waals surface area (Å²) in [6.45, 7) is 0.699. The molecule has 0 aliphatic carbocycles. The van der Waals surface area contributed by atoms with Crippen LogP contribution < -0.4 is 9.47 Å². The maximum Gasteiger partial charge on any atom is 0.144 e. The van der Waals surface area contributed by atoms with Gasteiger partial charge in [0.1, 0.15) is 11.5 Å². The maximum atomic E-state index is 6.00. The number of halogens is 2. The van der Waals surface area contributed by atoms with Crippen LogP contribution in [0.5, 0.6) is 11.5 Å². The average molecular weight is 264 g/mol. The summed E-state index contributed by atoms with van der Waals surface area (Å²) < 4.78 is 11.5. The Bertz CT molecular complexity index is 352. The predicted molar refractivity (Wildman–Crippen MR) is 54.9 cm³/mol. The molecule has 1 aliphatic heterocycles. The van der Waals surface area contributed by atoms with Crippen molar-refractivity contribution in [2.45, 2.75) is 6.42 Å². The van der Waals surface area contributed by atoms with Crippen LogP contribution in [0.15, 0.2) is 10.5 Å². The van der Waals surface area contributed by atoms with Crippen molar-refractivity contribution in [3.05, 3.63) is 21.1 Å². The van der Waals surface area contributed by atoms with Crippen LogP contribution in [0.2, 0.25) is 5.02 Å². The summed E-state index contributed by atoms with van der Waals surface area (Å²) in [6, 6.07) is 1.80. The third-order valence-corrected chi connectivity index (χ3v) is 2.91. The van der Waals surface area contributed by atoms with Crippen molar-refractivity contribution in [1.29, 1.82) is 0 Å². The molecule has 0 saturated heterocycles. The van der Waals surface area contributed by atoms with E-state index in [-0.39, 0.29) is 0 Å². The fraction of sp³-hybridized carbons (Fsp3) is 0.333. The first-order valence-electron chi connectivity index (χ1n) is 3.91. The third-order valence-electron chi connectivity index (χ3n) is 2.04. The maximum absolute atomic E-state index is 6.00. The second kappa shape index (κ2) is 3.39. The fourth-order valence-electron chi connectivity index (χ4n) is 1.49. The van der Waals surface area contributed by atoms with E-state index in [0.29, 0.717) is 11.6 Å². The Morgan fingerprint density at radius 2 is 2.38 bits per heavy atom. The van der Waals surface area contributed by atoms with E-state index in [1.54, 1.807) is 13.2 Å². The van der Waals surface area contributed by atoms with E-state index in [2.05, 4.69) is 15.9 Å². The van der Waals surface area contributed by atoms with E-state index in [0.717, 1.165) is 28.0 Å². The Hall–Kier alpha value is -0.410. The summed E-state index contributed by atoms with van der Waals surface area (Å²) in [5.74, 6) is 1.60. The Morgan fingerprint density at radius 1 is 1.62 bits per heavy atom. The molecule has 0 amide bonds. The summed E-state index contributed by atoms with van der Waals surface area (Å²) in [5.41, 5.74) is 1.06. The molecular weight excluding hydrogens is 255 g/mol. The molecule has 2 rings (SSSR count). The molecule has 0 aromatic heterocycles. The zero-order valence-corrected chi connectivity index (χ0v) is 9.41. The lowest BCUT2D eigenvalue weighted by molar-refractivity contribution is 0.355. The van der Waals surface area contributed by atoms with Crippen molar-refractivity contribution in [3.8, 4) is 11.5 Å². The first-order valence-corrected chi connectivity index (χ1v) is 5.09. The largest absolute Gasteiger partial charge is 0.495 e. The molecule has 0 fully saturated rings. The van der Waals surface area contributed by atoms with Gasteiger partial charge >= 0.3 is 0 Å². The highest BCUT2D eigenvalue weighted by Crippen LogP contribution is 2.43. The van der Waals surface area contributed by atoms with Crippen LogP contribution in [-0.2, 0) is 6.42 Å². The minimum atomic E-state index is 0.624. The van der Waals surface area contributed by atoms with Crippen LogP contribution in [0, 0.1) is 0 Å². The van der Waals surface area contributed by atoms with Crippen molar-refractivity contribution in [1.82, 2.24) is 0 Å². The Morgan fingerprint density at radius 3 is 3.08 bits per heavy atom. The normalized spacial score (nSPS) is 13.8. The van der Waals surface area contributed by atoms with Gasteiger partial charge in [0, 0.05) is 12.0 Å². The molecule has 1 heterocycles. The molecule has 0 radical (unpaired) electrons. The fourth-order valence-corrected chi connectivity index (χ4v) is 2.51. The van der Waals surface area contributed by atoms with Gasteiger partial charge in [-0.1, -0.05) is 11.6 Å². The average Bonchev–Trinajstić information content (AvgIpc) is 2.53. The smallest absolute Gasteiger partial charge is 0.144 e. The molecular formula is C9H8BrClO2. The molecule has 1 aromatic rings. The van der Waals surface area contributed by atoms with E-state index < -0.39 is 0 Å². The molecule has 4 heteroatoms. The van der Waals surface area contributed by atoms with Crippen molar-refractivity contribution >= 4 is 27.5 Å². The van der Waals surface area contributed by atoms with Gasteiger partial charge in [0.25, 0.3) is 0 Å². The van der Waals surface area contributed by atoms with E-state index in [4.69, 9.17) is 21.1 Å². The van der Waals surface area contributed by atoms with Crippen molar-refractivity contribution in [2.75, 3.05) is 13.7 Å². The SMILES string of the molecule is COc1c(Cl)cc(Br)c2c1CCO2. The highest BCUT2D eigenvalue weighted by molar-refractivity contribution is 9.10. The Labute approximate surface area is 89.9 Å². The topological polar surface area (TPSA) is 18.5 Å². The van der Waals surface area contributed by atoms with Crippen LogP contribution in [0.4, 0.5) is 0 Å². The molecule has 70 valence electrons. The number of methoxy groups -OCH3 is 1. The molecule has 0 unspecified atom stereocenters. The number of hydrogen-bond acceptors (Lipinski definition) is 2. The lowest BCUT2D eigenvalue weighted by Gasteiger charge is -2.09. The van der Waals surface area contributed by atoms with Gasteiger partial charge in [0.15, 0.2) is 0 Å². The Kier molecular flexibility index (Phi) is 2.39. The number of fused-ring (bicyclic) bond motifs is 1. The summed E-state index contributed by atoms with van der Waals surface area (Å²) in [5, 5.41) is 0.624. The zero-order valence-electron chi connectivity index (χ0n) is 7.06. The van der Waals surface area contributed by atoms with Crippen LogP contribution in [-0.4, -0.2) is 13.7 Å². The molecule has 13 heavy (non-hydrogen) atoms. The molecule has 1 aliphatic rings. The number of hydrogen-bond donors (Lipinski definition) is 0. The van der Waals surface area contributed by atoms with Gasteiger partial charge in [-0.05, 0) is 22.0 Å². The number of rotatable bonds is 1. The molecule has 1 aromatic carbocycles. The lowest BCUT2D eigenvalue weighted by atomic mass is 10.1. The van der Waals surface area contributed by atoms with Gasteiger partial charge in [0.05, 0.1) is 23.2 Å². The highest BCUT2D eigenvalue weighted by atomic mass is 79.9. The van der Waals surface area contributed by atoms with Crippen LogP contribution in [0.3, 0.4) is 0 Å². The van der Waals surface area contributed by atoms with Gasteiger partial charge in [0.2, 0.25) is 0 Å². The van der Waals surface area contributed by atoms with Crippen molar-refractivity contribution < 1.29 is 9.47 Å². The quantitative estimate of drug-likeness (QED) is 0.775. The van der Waals surface area contributed by atoms with Crippen LogP contribution in [0.1, 0.15) is 5.56 Å². The lowest BCUT2D eigenvalue weighted by Crippen LogP contribution is -1.90. The standard InChI is InChI=1S/C9H8BrClO2/c1-12-9-5-2-3-13-8(5)6(10)4-7(9)11/h4H,2-3H2,1H3. The first-order chi connectivity index (χ1) is 6.24. The zero-order chi connectivity index (χ0) is 9.42. The van der Waals surface area contributed by atoms with Gasteiger partial charge in [-0.2, -0.15) is 0 Å². The summed E-state index contributed by atoms with van der Waals surface area (Å²) in [7, 11) is 1.62. The second-order valence-corrected chi connectivity index (χ2v) is 4.04.